The molecule has 2 aliphatic heterocycles. The van der Waals surface area contributed by atoms with E-state index < -0.39 is 5.25 Å². The molecule has 9 heteroatoms. The largest absolute Gasteiger partial charge is 0.456 e. The zero-order valence-corrected chi connectivity index (χ0v) is 18.4. The lowest BCUT2D eigenvalue weighted by molar-refractivity contribution is -0.118. The van der Waals surface area contributed by atoms with Gasteiger partial charge in [0.1, 0.15) is 18.1 Å². The van der Waals surface area contributed by atoms with Crippen molar-refractivity contribution in [1.82, 2.24) is 10.2 Å². The van der Waals surface area contributed by atoms with Crippen LogP contribution in [0.3, 0.4) is 0 Å². The number of nitrogens with zero attached hydrogens (tertiary/aromatic N) is 1. The number of rotatable bonds is 7. The van der Waals surface area contributed by atoms with E-state index in [-0.39, 0.29) is 23.3 Å². The number of thioether (sulfide) groups is 1. The first-order valence-corrected chi connectivity index (χ1v) is 11.2. The number of amides is 3. The number of carbonyl (C=O) groups excluding carboxylic acids is 3. The van der Waals surface area contributed by atoms with E-state index in [2.05, 4.69) is 5.32 Å². The molecule has 4 rings (SSSR count). The van der Waals surface area contributed by atoms with Gasteiger partial charge in [0.25, 0.3) is 5.24 Å². The van der Waals surface area contributed by atoms with Crippen molar-refractivity contribution < 1.29 is 23.9 Å². The Balaban J connectivity index is 1.37. The standard InChI is InChI=1S/C22H21ClN2O5S/c1-2-25-15(12-29-22(25)28)9-13-3-6-16(7-4-13)30-18-8-5-14(10-17(18)23)11-19-20(26)24-21(27)31-19/h3-8,10,15,19H,2,9,11-12H2,1H3,(H,24,26,27). The summed E-state index contributed by atoms with van der Waals surface area (Å²) in [6.45, 7) is 2.97. The SMILES string of the molecule is CCN1C(=O)OCC1Cc1ccc(Oc2ccc(CC3SC(=O)NC3=O)cc2Cl)cc1. The maximum Gasteiger partial charge on any atom is 0.410 e. The Hall–Kier alpha value is -2.71. The highest BCUT2D eigenvalue weighted by Crippen LogP contribution is 2.32. The second kappa shape index (κ2) is 9.20. The van der Waals surface area contributed by atoms with Gasteiger partial charge in [0.15, 0.2) is 0 Å². The lowest BCUT2D eigenvalue weighted by Crippen LogP contribution is -2.34. The van der Waals surface area contributed by atoms with Gasteiger partial charge in [0, 0.05) is 6.54 Å². The van der Waals surface area contributed by atoms with Gasteiger partial charge in [-0.25, -0.2) is 4.79 Å². The third kappa shape index (κ3) is 4.97. The van der Waals surface area contributed by atoms with Crippen molar-refractivity contribution in [2.24, 2.45) is 0 Å². The van der Waals surface area contributed by atoms with Gasteiger partial charge < -0.3 is 14.4 Å². The Kier molecular flexibility index (Phi) is 6.38. The molecule has 2 heterocycles. The first-order valence-electron chi connectivity index (χ1n) is 9.93. The third-order valence-corrected chi connectivity index (χ3v) is 6.50. The average molecular weight is 461 g/mol. The monoisotopic (exact) mass is 460 g/mol. The zero-order chi connectivity index (χ0) is 22.0. The minimum Gasteiger partial charge on any atom is -0.456 e. The van der Waals surface area contributed by atoms with Gasteiger partial charge in [-0.2, -0.15) is 0 Å². The predicted octanol–water partition coefficient (Wildman–Crippen LogP) is 4.41. The number of hydrogen-bond donors (Lipinski definition) is 1. The number of ether oxygens (including phenoxy) is 2. The molecular weight excluding hydrogens is 440 g/mol. The van der Waals surface area contributed by atoms with E-state index in [4.69, 9.17) is 21.1 Å². The molecule has 3 amide bonds. The molecule has 1 N–H and O–H groups in total. The van der Waals surface area contributed by atoms with Crippen LogP contribution in [-0.2, 0) is 22.4 Å². The number of hydrogen-bond acceptors (Lipinski definition) is 6. The molecule has 0 aliphatic carbocycles. The van der Waals surface area contributed by atoms with Gasteiger partial charge in [0.2, 0.25) is 5.91 Å². The maximum atomic E-state index is 11.7. The van der Waals surface area contributed by atoms with Gasteiger partial charge in [-0.3, -0.25) is 14.9 Å². The third-order valence-electron chi connectivity index (χ3n) is 5.22. The summed E-state index contributed by atoms with van der Waals surface area (Å²) in [6.07, 6.45) is 0.869. The summed E-state index contributed by atoms with van der Waals surface area (Å²) in [5.74, 6) is 0.868. The van der Waals surface area contributed by atoms with Crippen LogP contribution < -0.4 is 10.1 Å². The molecule has 2 unspecified atom stereocenters. The van der Waals surface area contributed by atoms with Gasteiger partial charge in [-0.15, -0.1) is 0 Å². The molecule has 2 atom stereocenters. The topological polar surface area (TPSA) is 84.9 Å². The molecule has 2 aromatic rings. The second-order valence-corrected chi connectivity index (χ2v) is 8.90. The summed E-state index contributed by atoms with van der Waals surface area (Å²) in [4.78, 5) is 36.5. The minimum atomic E-state index is -0.438. The van der Waals surface area contributed by atoms with Crippen LogP contribution in [0, 0.1) is 0 Å². The van der Waals surface area contributed by atoms with Gasteiger partial charge >= 0.3 is 6.09 Å². The van der Waals surface area contributed by atoms with E-state index in [1.165, 1.54) is 0 Å². The molecule has 0 spiro atoms. The highest BCUT2D eigenvalue weighted by atomic mass is 35.5. The number of halogens is 1. The number of imide groups is 1. The Labute approximate surface area is 189 Å². The average Bonchev–Trinajstić information content (AvgIpc) is 3.25. The van der Waals surface area contributed by atoms with Gasteiger partial charge in [-0.1, -0.05) is 41.6 Å². The Morgan fingerprint density at radius 3 is 2.52 bits per heavy atom. The van der Waals surface area contributed by atoms with Crippen molar-refractivity contribution >= 4 is 40.6 Å². The minimum absolute atomic E-state index is 0.0432. The summed E-state index contributed by atoms with van der Waals surface area (Å²) in [6, 6.07) is 13.0. The van der Waals surface area contributed by atoms with Crippen LogP contribution in [-0.4, -0.2) is 46.6 Å². The van der Waals surface area contributed by atoms with Crippen LogP contribution in [0.2, 0.25) is 5.02 Å². The van der Waals surface area contributed by atoms with E-state index in [1.807, 2.05) is 37.3 Å². The van der Waals surface area contributed by atoms with Gasteiger partial charge in [-0.05, 0) is 55.2 Å². The Bertz CT molecular complexity index is 1010. The van der Waals surface area contributed by atoms with Crippen molar-refractivity contribution in [2.75, 3.05) is 13.2 Å². The van der Waals surface area contributed by atoms with Crippen LogP contribution in [0.4, 0.5) is 9.59 Å². The number of cyclic esters (lactones) is 1. The van der Waals surface area contributed by atoms with E-state index in [0.29, 0.717) is 42.5 Å². The van der Waals surface area contributed by atoms with Crippen LogP contribution in [0.15, 0.2) is 42.5 Å². The highest BCUT2D eigenvalue weighted by molar-refractivity contribution is 8.15. The molecular formula is C22H21ClN2O5S. The van der Waals surface area contributed by atoms with Gasteiger partial charge in [0.05, 0.1) is 16.3 Å². The van der Waals surface area contributed by atoms with E-state index in [1.54, 1.807) is 17.0 Å². The number of nitrogens with one attached hydrogen (secondary N) is 1. The quantitative estimate of drug-likeness (QED) is 0.658. The molecule has 2 fully saturated rings. The summed E-state index contributed by atoms with van der Waals surface area (Å²) in [5.41, 5.74) is 1.93. The van der Waals surface area contributed by atoms with E-state index in [0.717, 1.165) is 22.9 Å². The predicted molar refractivity (Wildman–Crippen MR) is 118 cm³/mol. The normalized spacial score (nSPS) is 20.7. The molecule has 162 valence electrons. The van der Waals surface area contributed by atoms with Crippen molar-refractivity contribution in [3.63, 3.8) is 0 Å². The fourth-order valence-corrected chi connectivity index (χ4v) is 4.74. The Morgan fingerprint density at radius 2 is 1.87 bits per heavy atom. The van der Waals surface area contributed by atoms with Crippen LogP contribution in [0.25, 0.3) is 0 Å². The highest BCUT2D eigenvalue weighted by Gasteiger charge is 2.32. The number of likely N-dealkylation sites (N-methyl/N-ethyl adjacent to an activating group) is 1. The number of carbonyl (C=O) groups is 3. The number of benzene rings is 2. The molecule has 0 bridgehead atoms. The summed E-state index contributed by atoms with van der Waals surface area (Å²) in [7, 11) is 0. The molecule has 0 radical (unpaired) electrons. The second-order valence-electron chi connectivity index (χ2n) is 7.32. The maximum absolute atomic E-state index is 11.7. The first-order chi connectivity index (χ1) is 14.9. The zero-order valence-electron chi connectivity index (χ0n) is 16.8. The van der Waals surface area contributed by atoms with Crippen molar-refractivity contribution in [1.29, 1.82) is 0 Å². The lowest BCUT2D eigenvalue weighted by atomic mass is 10.1. The smallest absolute Gasteiger partial charge is 0.410 e. The lowest BCUT2D eigenvalue weighted by Gasteiger charge is -2.19. The van der Waals surface area contributed by atoms with Crippen LogP contribution in [0.5, 0.6) is 11.5 Å². The van der Waals surface area contributed by atoms with E-state index in [9.17, 15) is 14.4 Å². The molecule has 2 saturated heterocycles. The molecule has 0 aromatic heterocycles. The molecule has 7 nitrogen and oxygen atoms in total. The molecule has 0 saturated carbocycles. The summed E-state index contributed by atoms with van der Waals surface area (Å²) < 4.78 is 11.0. The fraction of sp³-hybridized carbons (Fsp3) is 0.318. The van der Waals surface area contributed by atoms with Crippen molar-refractivity contribution in [3.8, 4) is 11.5 Å². The van der Waals surface area contributed by atoms with Crippen LogP contribution >= 0.6 is 23.4 Å². The van der Waals surface area contributed by atoms with Crippen molar-refractivity contribution in [3.05, 3.63) is 58.6 Å². The molecule has 31 heavy (non-hydrogen) atoms. The first kappa shape index (κ1) is 21.5. The summed E-state index contributed by atoms with van der Waals surface area (Å²) >= 11 is 7.36. The molecule has 2 aliphatic rings. The fourth-order valence-electron chi connectivity index (χ4n) is 3.63. The summed E-state index contributed by atoms with van der Waals surface area (Å²) in [5, 5.41) is 1.95. The van der Waals surface area contributed by atoms with E-state index >= 15 is 0 Å². The Morgan fingerprint density at radius 1 is 1.13 bits per heavy atom. The van der Waals surface area contributed by atoms with Crippen LogP contribution in [0.1, 0.15) is 18.1 Å². The van der Waals surface area contributed by atoms with Crippen molar-refractivity contribution in [2.45, 2.75) is 31.1 Å². The molecule has 2 aromatic carbocycles.